The summed E-state index contributed by atoms with van der Waals surface area (Å²) in [6.07, 6.45) is 7.47. The molecule has 122 valence electrons. The summed E-state index contributed by atoms with van der Waals surface area (Å²) in [4.78, 5) is 9.01. The van der Waals surface area contributed by atoms with Crippen LogP contribution in [0.4, 0.5) is 11.5 Å². The fourth-order valence-corrected chi connectivity index (χ4v) is 2.86. The Kier molecular flexibility index (Phi) is 3.44. The highest BCUT2D eigenvalue weighted by Gasteiger charge is 2.20. The van der Waals surface area contributed by atoms with Crippen molar-refractivity contribution in [2.45, 2.75) is 6.92 Å². The standard InChI is InChI=1S/C17H19N7/c1-12-5-3-4-6-14(12)21-16-17-20-9-15(23(17)8-7-19-16)13-10-22(2)24(18)11-13/h3-9,11H,10,18H2,1-2H3,(H,19,21). The number of rotatable bonds is 3. The number of anilines is 2. The Morgan fingerprint density at radius 1 is 1.21 bits per heavy atom. The number of fused-ring (bicyclic) bond motifs is 1. The highest BCUT2D eigenvalue weighted by atomic mass is 15.7. The van der Waals surface area contributed by atoms with Gasteiger partial charge in [0.1, 0.15) is 0 Å². The molecule has 24 heavy (non-hydrogen) atoms. The Labute approximate surface area is 140 Å². The zero-order valence-electron chi connectivity index (χ0n) is 13.6. The molecule has 0 fully saturated rings. The molecule has 0 amide bonds. The molecule has 4 rings (SSSR count). The number of para-hydroxylation sites is 1. The lowest BCUT2D eigenvalue weighted by Crippen LogP contribution is -2.36. The van der Waals surface area contributed by atoms with Crippen LogP contribution in [0, 0.1) is 6.92 Å². The minimum atomic E-state index is 0.731. The van der Waals surface area contributed by atoms with Crippen LogP contribution in [0.5, 0.6) is 0 Å². The lowest BCUT2D eigenvalue weighted by atomic mass is 10.2. The van der Waals surface area contributed by atoms with Crippen LogP contribution < -0.4 is 11.2 Å². The maximum absolute atomic E-state index is 5.90. The van der Waals surface area contributed by atoms with Crippen molar-refractivity contribution >= 4 is 22.7 Å². The number of nitrogens with two attached hydrogens (primary N) is 1. The van der Waals surface area contributed by atoms with Crippen molar-refractivity contribution in [2.24, 2.45) is 5.84 Å². The summed E-state index contributed by atoms with van der Waals surface area (Å²) in [5.41, 5.74) is 5.10. The number of hydrazine groups is 2. The Bertz CT molecular complexity index is 928. The molecule has 3 heterocycles. The molecule has 0 radical (unpaired) electrons. The number of aromatic nitrogens is 3. The first-order valence-corrected chi connectivity index (χ1v) is 7.74. The summed E-state index contributed by atoms with van der Waals surface area (Å²) >= 11 is 0. The van der Waals surface area contributed by atoms with E-state index in [2.05, 4.69) is 28.3 Å². The SMILES string of the molecule is Cc1ccccc1Nc1nccn2c(C3=CN(N)N(C)C3)cnc12. The van der Waals surface area contributed by atoms with Gasteiger partial charge in [0.25, 0.3) is 0 Å². The van der Waals surface area contributed by atoms with Crippen LogP contribution >= 0.6 is 0 Å². The van der Waals surface area contributed by atoms with E-state index in [1.165, 1.54) is 0 Å². The second kappa shape index (κ2) is 5.63. The normalized spacial score (nSPS) is 15.1. The molecule has 7 heteroatoms. The molecule has 0 unspecified atom stereocenters. The number of imidazole rings is 1. The number of hydrogen-bond acceptors (Lipinski definition) is 6. The highest BCUT2D eigenvalue weighted by molar-refractivity contribution is 5.75. The second-order valence-corrected chi connectivity index (χ2v) is 5.90. The fraction of sp³-hybridized carbons (Fsp3) is 0.176. The first-order chi connectivity index (χ1) is 11.6. The molecule has 3 aromatic rings. The molecule has 7 nitrogen and oxygen atoms in total. The first-order valence-electron chi connectivity index (χ1n) is 7.74. The summed E-state index contributed by atoms with van der Waals surface area (Å²) in [5.74, 6) is 6.63. The molecule has 0 atom stereocenters. The Hall–Kier alpha value is -2.90. The molecule has 0 spiro atoms. The van der Waals surface area contributed by atoms with Crippen LogP contribution in [-0.4, -0.2) is 38.1 Å². The molecule has 1 aliphatic rings. The van der Waals surface area contributed by atoms with Crippen LogP contribution in [0.1, 0.15) is 11.3 Å². The van der Waals surface area contributed by atoms with Crippen molar-refractivity contribution in [2.75, 3.05) is 18.9 Å². The number of hydrogen-bond donors (Lipinski definition) is 2. The monoisotopic (exact) mass is 321 g/mol. The fourth-order valence-electron chi connectivity index (χ4n) is 2.86. The van der Waals surface area contributed by atoms with Gasteiger partial charge in [0.05, 0.1) is 11.9 Å². The first kappa shape index (κ1) is 14.7. The highest BCUT2D eigenvalue weighted by Crippen LogP contribution is 2.26. The van der Waals surface area contributed by atoms with Crippen LogP contribution in [0.2, 0.25) is 0 Å². The van der Waals surface area contributed by atoms with Gasteiger partial charge >= 0.3 is 0 Å². The van der Waals surface area contributed by atoms with Crippen LogP contribution in [0.25, 0.3) is 11.2 Å². The maximum Gasteiger partial charge on any atom is 0.180 e. The van der Waals surface area contributed by atoms with Gasteiger partial charge in [-0.25, -0.2) is 25.9 Å². The molecule has 0 saturated carbocycles. The van der Waals surface area contributed by atoms with E-state index in [0.717, 1.165) is 40.5 Å². The van der Waals surface area contributed by atoms with Gasteiger partial charge in [-0.1, -0.05) is 18.2 Å². The van der Waals surface area contributed by atoms with E-state index in [9.17, 15) is 0 Å². The number of nitrogens with one attached hydrogen (secondary N) is 1. The van der Waals surface area contributed by atoms with Crippen molar-refractivity contribution in [3.63, 3.8) is 0 Å². The van der Waals surface area contributed by atoms with Gasteiger partial charge in [0, 0.05) is 43.4 Å². The molecule has 1 aromatic carbocycles. The van der Waals surface area contributed by atoms with Crippen molar-refractivity contribution in [3.05, 3.63) is 60.3 Å². The lowest BCUT2D eigenvalue weighted by Gasteiger charge is -2.17. The molecule has 1 aliphatic heterocycles. The van der Waals surface area contributed by atoms with E-state index < -0.39 is 0 Å². The summed E-state index contributed by atoms with van der Waals surface area (Å²) in [5, 5.41) is 6.90. The molecular formula is C17H19N7. The van der Waals surface area contributed by atoms with Gasteiger partial charge in [-0.05, 0) is 18.6 Å². The number of benzene rings is 1. The molecule has 0 bridgehead atoms. The predicted molar refractivity (Wildman–Crippen MR) is 94.1 cm³/mol. The van der Waals surface area contributed by atoms with Gasteiger partial charge < -0.3 is 5.32 Å². The van der Waals surface area contributed by atoms with Crippen molar-refractivity contribution in [1.82, 2.24) is 24.5 Å². The summed E-state index contributed by atoms with van der Waals surface area (Å²) in [6, 6.07) is 8.12. The molecule has 2 aromatic heterocycles. The van der Waals surface area contributed by atoms with Gasteiger partial charge in [0.2, 0.25) is 0 Å². The number of nitrogens with zero attached hydrogens (tertiary/aromatic N) is 5. The van der Waals surface area contributed by atoms with E-state index in [-0.39, 0.29) is 0 Å². The smallest absolute Gasteiger partial charge is 0.180 e. The summed E-state index contributed by atoms with van der Waals surface area (Å²) in [7, 11) is 1.94. The van der Waals surface area contributed by atoms with Gasteiger partial charge in [-0.15, -0.1) is 0 Å². The average Bonchev–Trinajstić information content (AvgIpc) is 3.14. The van der Waals surface area contributed by atoms with Crippen molar-refractivity contribution in [1.29, 1.82) is 0 Å². The third-order valence-electron chi connectivity index (χ3n) is 4.24. The van der Waals surface area contributed by atoms with E-state index in [4.69, 9.17) is 5.84 Å². The topological polar surface area (TPSA) is 74.7 Å². The second-order valence-electron chi connectivity index (χ2n) is 5.90. The number of aryl methyl sites for hydroxylation is 1. The predicted octanol–water partition coefficient (Wildman–Crippen LogP) is 2.16. The molecular weight excluding hydrogens is 302 g/mol. The van der Waals surface area contributed by atoms with E-state index >= 15 is 0 Å². The zero-order chi connectivity index (χ0) is 16.7. The van der Waals surface area contributed by atoms with E-state index in [1.54, 1.807) is 11.3 Å². The average molecular weight is 321 g/mol. The molecule has 0 saturated heterocycles. The minimum absolute atomic E-state index is 0.731. The summed E-state index contributed by atoms with van der Waals surface area (Å²) in [6.45, 7) is 2.81. The van der Waals surface area contributed by atoms with Crippen molar-refractivity contribution < 1.29 is 0 Å². The van der Waals surface area contributed by atoms with Gasteiger partial charge in [-0.2, -0.15) is 0 Å². The van der Waals surface area contributed by atoms with Gasteiger partial charge in [0.15, 0.2) is 11.5 Å². The third kappa shape index (κ3) is 2.40. The molecule has 0 aliphatic carbocycles. The maximum atomic E-state index is 5.90. The zero-order valence-corrected chi connectivity index (χ0v) is 13.6. The van der Waals surface area contributed by atoms with E-state index in [1.807, 2.05) is 53.3 Å². The van der Waals surface area contributed by atoms with Crippen molar-refractivity contribution in [3.8, 4) is 0 Å². The third-order valence-corrected chi connectivity index (χ3v) is 4.24. The van der Waals surface area contributed by atoms with Gasteiger partial charge in [-0.3, -0.25) is 4.40 Å². The minimum Gasteiger partial charge on any atom is -0.337 e. The summed E-state index contributed by atoms with van der Waals surface area (Å²) < 4.78 is 2.03. The van der Waals surface area contributed by atoms with Crippen LogP contribution in [-0.2, 0) is 0 Å². The number of likely N-dealkylation sites (N-methyl/N-ethyl adjacent to an activating group) is 1. The van der Waals surface area contributed by atoms with E-state index in [0.29, 0.717) is 0 Å². The molecule has 3 N–H and O–H groups in total. The Morgan fingerprint density at radius 3 is 2.79 bits per heavy atom. The largest absolute Gasteiger partial charge is 0.337 e. The Balaban J connectivity index is 1.75. The Morgan fingerprint density at radius 2 is 2.04 bits per heavy atom. The van der Waals surface area contributed by atoms with Crippen LogP contribution in [0.15, 0.2) is 49.1 Å². The van der Waals surface area contributed by atoms with Crippen LogP contribution in [0.3, 0.4) is 0 Å². The lowest BCUT2D eigenvalue weighted by molar-refractivity contribution is 0.0854. The quantitative estimate of drug-likeness (QED) is 0.720.